The van der Waals surface area contributed by atoms with Crippen molar-refractivity contribution in [1.82, 2.24) is 0 Å². The van der Waals surface area contributed by atoms with Gasteiger partial charge in [-0.1, -0.05) is 29.3 Å². The van der Waals surface area contributed by atoms with E-state index in [1.807, 2.05) is 6.07 Å². The van der Waals surface area contributed by atoms with Crippen LogP contribution in [0.25, 0.3) is 0 Å². The highest BCUT2D eigenvalue weighted by Gasteiger charge is 2.26. The Hall–Kier alpha value is -0.770. The third kappa shape index (κ3) is 1.83. The van der Waals surface area contributed by atoms with E-state index in [-0.39, 0.29) is 11.8 Å². The maximum Gasteiger partial charge on any atom is 0.225 e. The van der Waals surface area contributed by atoms with Gasteiger partial charge in [-0.15, -0.1) is 0 Å². The first kappa shape index (κ1) is 10.7. The van der Waals surface area contributed by atoms with Gasteiger partial charge in [0.05, 0.1) is 15.7 Å². The second-order valence-electron chi connectivity index (χ2n) is 3.51. The Balaban J connectivity index is 2.55. The van der Waals surface area contributed by atoms with Crippen LogP contribution >= 0.6 is 23.2 Å². The molecule has 15 heavy (non-hydrogen) atoms. The zero-order valence-corrected chi connectivity index (χ0v) is 9.40. The van der Waals surface area contributed by atoms with Gasteiger partial charge in [0.1, 0.15) is 0 Å². The van der Waals surface area contributed by atoms with E-state index in [4.69, 9.17) is 28.9 Å². The maximum absolute atomic E-state index is 11.4. The molecule has 0 spiro atoms. The number of benzene rings is 1. The fourth-order valence-corrected chi connectivity index (χ4v) is 2.14. The molecule has 80 valence electrons. The lowest BCUT2D eigenvalue weighted by Gasteiger charge is -2.25. The molecule has 1 aliphatic heterocycles. The molecule has 3 N–H and O–H groups in total. The lowest BCUT2D eigenvalue weighted by molar-refractivity contribution is -0.116. The summed E-state index contributed by atoms with van der Waals surface area (Å²) < 4.78 is 0. The van der Waals surface area contributed by atoms with Crippen LogP contribution in [0.1, 0.15) is 17.9 Å². The van der Waals surface area contributed by atoms with Gasteiger partial charge in [-0.25, -0.2) is 0 Å². The number of nitrogens with two attached hydrogens (primary N) is 1. The van der Waals surface area contributed by atoms with Gasteiger partial charge in [0, 0.05) is 12.3 Å². The second kappa shape index (κ2) is 4.00. The highest BCUT2D eigenvalue weighted by Crippen LogP contribution is 2.40. The normalized spacial score (nSPS) is 19.7. The number of carbonyl (C=O) groups excluding carboxylic acids is 1. The summed E-state index contributed by atoms with van der Waals surface area (Å²) in [5.41, 5.74) is 7.18. The number of carbonyl (C=O) groups is 1. The molecular formula is C10H10Cl2N2O. The fraction of sp³-hybridized carbons (Fsp3) is 0.300. The van der Waals surface area contributed by atoms with Crippen molar-refractivity contribution >= 4 is 34.8 Å². The van der Waals surface area contributed by atoms with Crippen LogP contribution in [0.5, 0.6) is 0 Å². The molecule has 1 amide bonds. The summed E-state index contributed by atoms with van der Waals surface area (Å²) in [6, 6.07) is 3.59. The Bertz CT molecular complexity index is 420. The van der Waals surface area contributed by atoms with Gasteiger partial charge >= 0.3 is 0 Å². The van der Waals surface area contributed by atoms with Crippen molar-refractivity contribution in [2.24, 2.45) is 5.73 Å². The van der Waals surface area contributed by atoms with E-state index in [1.165, 1.54) is 0 Å². The van der Waals surface area contributed by atoms with E-state index < -0.39 is 0 Å². The van der Waals surface area contributed by atoms with Gasteiger partial charge in [-0.05, 0) is 18.2 Å². The van der Waals surface area contributed by atoms with Crippen LogP contribution in [0.2, 0.25) is 10.0 Å². The molecule has 1 aromatic carbocycles. The molecule has 0 aromatic heterocycles. The third-order valence-corrected chi connectivity index (χ3v) is 3.35. The SMILES string of the molecule is NCC1CC(=O)Nc2c1ccc(Cl)c2Cl. The van der Waals surface area contributed by atoms with Crippen molar-refractivity contribution in [3.63, 3.8) is 0 Å². The van der Waals surface area contributed by atoms with Crippen molar-refractivity contribution in [3.8, 4) is 0 Å². The van der Waals surface area contributed by atoms with Crippen molar-refractivity contribution in [2.75, 3.05) is 11.9 Å². The van der Waals surface area contributed by atoms with Gasteiger partial charge in [-0.2, -0.15) is 0 Å². The Kier molecular flexibility index (Phi) is 2.87. The summed E-state index contributed by atoms with van der Waals surface area (Å²) in [6.07, 6.45) is 0.404. The van der Waals surface area contributed by atoms with Crippen LogP contribution < -0.4 is 11.1 Å². The molecular weight excluding hydrogens is 235 g/mol. The molecule has 1 aliphatic rings. The lowest BCUT2D eigenvalue weighted by Crippen LogP contribution is -2.27. The molecule has 0 radical (unpaired) electrons. The zero-order chi connectivity index (χ0) is 11.0. The highest BCUT2D eigenvalue weighted by molar-refractivity contribution is 6.44. The topological polar surface area (TPSA) is 55.1 Å². The molecule has 0 aliphatic carbocycles. The molecule has 0 saturated carbocycles. The fourth-order valence-electron chi connectivity index (χ4n) is 1.77. The summed E-state index contributed by atoms with van der Waals surface area (Å²) in [5, 5.41) is 3.55. The molecule has 0 fully saturated rings. The summed E-state index contributed by atoms with van der Waals surface area (Å²) in [5.74, 6) is -0.0365. The Morgan fingerprint density at radius 2 is 2.20 bits per heavy atom. The number of nitrogens with one attached hydrogen (secondary N) is 1. The second-order valence-corrected chi connectivity index (χ2v) is 4.30. The standard InChI is InChI=1S/C10H10Cl2N2O/c11-7-2-1-6-5(4-13)3-8(15)14-10(6)9(7)12/h1-2,5H,3-4,13H2,(H,14,15). The molecule has 0 bridgehead atoms. The summed E-state index contributed by atoms with van der Waals surface area (Å²) in [6.45, 7) is 0.429. The average molecular weight is 245 g/mol. The van der Waals surface area contributed by atoms with E-state index in [1.54, 1.807) is 6.07 Å². The number of halogens is 2. The smallest absolute Gasteiger partial charge is 0.225 e. The highest BCUT2D eigenvalue weighted by atomic mass is 35.5. The largest absolute Gasteiger partial charge is 0.330 e. The Morgan fingerprint density at radius 3 is 2.87 bits per heavy atom. The summed E-state index contributed by atoms with van der Waals surface area (Å²) in [4.78, 5) is 11.4. The molecule has 3 nitrogen and oxygen atoms in total. The first-order valence-corrected chi connectivity index (χ1v) is 5.37. The summed E-state index contributed by atoms with van der Waals surface area (Å²) >= 11 is 11.9. The van der Waals surface area contributed by atoms with Crippen molar-refractivity contribution in [2.45, 2.75) is 12.3 Å². The van der Waals surface area contributed by atoms with E-state index in [9.17, 15) is 4.79 Å². The Labute approximate surface area is 97.5 Å². The molecule has 0 saturated heterocycles. The number of amides is 1. The van der Waals surface area contributed by atoms with E-state index in [0.717, 1.165) is 5.56 Å². The monoisotopic (exact) mass is 244 g/mol. The molecule has 1 aromatic rings. The van der Waals surface area contributed by atoms with Crippen LogP contribution in [0.15, 0.2) is 12.1 Å². The van der Waals surface area contributed by atoms with E-state index in [0.29, 0.717) is 28.7 Å². The zero-order valence-electron chi connectivity index (χ0n) is 7.89. The van der Waals surface area contributed by atoms with Crippen LogP contribution in [0, 0.1) is 0 Å². The number of fused-ring (bicyclic) bond motifs is 1. The van der Waals surface area contributed by atoms with Crippen molar-refractivity contribution < 1.29 is 4.79 Å². The first-order valence-electron chi connectivity index (χ1n) is 4.61. The predicted octanol–water partition coefficient (Wildman–Crippen LogP) is 2.38. The minimum atomic E-state index is -0.0675. The van der Waals surface area contributed by atoms with Crippen LogP contribution in [0.3, 0.4) is 0 Å². The summed E-state index contributed by atoms with van der Waals surface area (Å²) in [7, 11) is 0. The predicted molar refractivity (Wildman–Crippen MR) is 61.5 cm³/mol. The molecule has 2 rings (SSSR count). The molecule has 1 atom stereocenters. The first-order chi connectivity index (χ1) is 7.13. The number of hydrogen-bond donors (Lipinski definition) is 2. The quantitative estimate of drug-likeness (QED) is 0.798. The third-order valence-electron chi connectivity index (χ3n) is 2.55. The number of anilines is 1. The van der Waals surface area contributed by atoms with Gasteiger partial charge in [0.25, 0.3) is 0 Å². The van der Waals surface area contributed by atoms with E-state index >= 15 is 0 Å². The van der Waals surface area contributed by atoms with Gasteiger partial charge in [0.2, 0.25) is 5.91 Å². The van der Waals surface area contributed by atoms with Gasteiger partial charge in [-0.3, -0.25) is 4.79 Å². The minimum absolute atomic E-state index is 0.0310. The van der Waals surface area contributed by atoms with Gasteiger partial charge < -0.3 is 11.1 Å². The van der Waals surface area contributed by atoms with Crippen molar-refractivity contribution in [1.29, 1.82) is 0 Å². The average Bonchev–Trinajstić information content (AvgIpc) is 2.23. The maximum atomic E-state index is 11.4. The number of hydrogen-bond acceptors (Lipinski definition) is 2. The van der Waals surface area contributed by atoms with Crippen molar-refractivity contribution in [3.05, 3.63) is 27.7 Å². The minimum Gasteiger partial charge on any atom is -0.330 e. The molecule has 1 heterocycles. The Morgan fingerprint density at radius 1 is 1.47 bits per heavy atom. The van der Waals surface area contributed by atoms with Crippen LogP contribution in [-0.4, -0.2) is 12.5 Å². The van der Waals surface area contributed by atoms with Crippen LogP contribution in [-0.2, 0) is 4.79 Å². The van der Waals surface area contributed by atoms with Gasteiger partial charge in [0.15, 0.2) is 0 Å². The van der Waals surface area contributed by atoms with E-state index in [2.05, 4.69) is 5.32 Å². The number of rotatable bonds is 1. The van der Waals surface area contributed by atoms with Crippen LogP contribution in [0.4, 0.5) is 5.69 Å². The molecule has 5 heteroatoms. The molecule has 1 unspecified atom stereocenters. The lowest BCUT2D eigenvalue weighted by atomic mass is 9.91.